The van der Waals surface area contributed by atoms with Gasteiger partial charge in [0.15, 0.2) is 0 Å². The number of nitrogens with zero attached hydrogens (tertiary/aromatic N) is 1. The van der Waals surface area contributed by atoms with E-state index < -0.39 is 0 Å². The molecule has 2 amide bonds. The molecule has 0 bridgehead atoms. The molecule has 0 saturated carbocycles. The maximum absolute atomic E-state index is 11.9. The number of aryl methyl sites for hydroxylation is 1. The van der Waals surface area contributed by atoms with Crippen LogP contribution >= 0.6 is 0 Å². The molecule has 1 aromatic rings. The van der Waals surface area contributed by atoms with E-state index in [0.29, 0.717) is 12.8 Å². The van der Waals surface area contributed by atoms with E-state index in [4.69, 9.17) is 0 Å². The molecule has 1 fully saturated rings. The lowest BCUT2D eigenvalue weighted by atomic mass is 9.87. The molecule has 2 rings (SSSR count). The maximum atomic E-state index is 11.9. The van der Waals surface area contributed by atoms with Crippen LogP contribution in [-0.2, 0) is 15.0 Å². The van der Waals surface area contributed by atoms with Crippen molar-refractivity contribution >= 4 is 11.8 Å². The minimum absolute atomic E-state index is 0.00587. The van der Waals surface area contributed by atoms with Gasteiger partial charge in [0.2, 0.25) is 11.8 Å². The Balaban J connectivity index is 2.31. The highest BCUT2D eigenvalue weighted by molar-refractivity contribution is 6.01. The molecular formula is C15H20N2O2. The minimum Gasteiger partial charge on any atom is -0.296 e. The second kappa shape index (κ2) is 4.76. The Bertz CT molecular complexity index is 529. The summed E-state index contributed by atoms with van der Waals surface area (Å²) in [5.74, 6) is -0.637. The third-order valence-electron chi connectivity index (χ3n) is 3.51. The number of amides is 2. The Labute approximate surface area is 113 Å². The van der Waals surface area contributed by atoms with Crippen molar-refractivity contribution in [2.24, 2.45) is 0 Å². The molecule has 1 atom stereocenters. The first-order chi connectivity index (χ1) is 8.79. The minimum atomic E-state index is -0.251. The zero-order chi connectivity index (χ0) is 14.2. The highest BCUT2D eigenvalue weighted by atomic mass is 16.2. The Kier molecular flexibility index (Phi) is 3.43. The molecule has 102 valence electrons. The average molecular weight is 260 g/mol. The summed E-state index contributed by atoms with van der Waals surface area (Å²) in [5, 5.41) is 2.39. The smallest absolute Gasteiger partial charge is 0.234 e. The van der Waals surface area contributed by atoms with Crippen molar-refractivity contribution in [3.8, 4) is 0 Å². The number of carbonyl (C=O) groups excluding carboxylic acids is 2. The highest BCUT2D eigenvalue weighted by Crippen LogP contribution is 2.29. The number of piperidine rings is 1. The molecule has 0 aliphatic carbocycles. The topological polar surface area (TPSA) is 59.1 Å². The lowest BCUT2D eigenvalue weighted by Crippen LogP contribution is -2.39. The summed E-state index contributed by atoms with van der Waals surface area (Å²) in [6, 6.07) is 3.95. The van der Waals surface area contributed by atoms with Crippen molar-refractivity contribution in [1.82, 2.24) is 10.3 Å². The van der Waals surface area contributed by atoms with Crippen LogP contribution in [0.25, 0.3) is 0 Å². The molecule has 0 aromatic carbocycles. The number of hydrogen-bond acceptors (Lipinski definition) is 3. The van der Waals surface area contributed by atoms with E-state index in [9.17, 15) is 9.59 Å². The third kappa shape index (κ3) is 2.83. The third-order valence-corrected chi connectivity index (χ3v) is 3.51. The van der Waals surface area contributed by atoms with Crippen molar-refractivity contribution in [2.45, 2.75) is 51.9 Å². The number of imide groups is 1. The van der Waals surface area contributed by atoms with Crippen molar-refractivity contribution in [2.75, 3.05) is 0 Å². The zero-order valence-electron chi connectivity index (χ0n) is 11.9. The predicted octanol–water partition coefficient (Wildman–Crippen LogP) is 2.21. The Hall–Kier alpha value is -1.71. The van der Waals surface area contributed by atoms with Crippen molar-refractivity contribution in [1.29, 1.82) is 0 Å². The van der Waals surface area contributed by atoms with Gasteiger partial charge in [-0.1, -0.05) is 26.8 Å². The van der Waals surface area contributed by atoms with E-state index in [1.165, 1.54) is 0 Å². The molecule has 4 nitrogen and oxygen atoms in total. The first kappa shape index (κ1) is 13.7. The van der Waals surface area contributed by atoms with Crippen molar-refractivity contribution in [3.63, 3.8) is 0 Å². The van der Waals surface area contributed by atoms with E-state index in [0.717, 1.165) is 17.0 Å². The van der Waals surface area contributed by atoms with E-state index >= 15 is 0 Å². The first-order valence-corrected chi connectivity index (χ1v) is 6.61. The van der Waals surface area contributed by atoms with Crippen LogP contribution in [0.1, 0.15) is 56.5 Å². The normalized spacial score (nSPS) is 20.3. The Morgan fingerprint density at radius 1 is 1.26 bits per heavy atom. The molecule has 2 heterocycles. The zero-order valence-corrected chi connectivity index (χ0v) is 11.9. The fourth-order valence-corrected chi connectivity index (χ4v) is 2.35. The van der Waals surface area contributed by atoms with Gasteiger partial charge in [0.1, 0.15) is 0 Å². The molecule has 1 aliphatic heterocycles. The van der Waals surface area contributed by atoms with Crippen LogP contribution in [0.15, 0.2) is 12.1 Å². The van der Waals surface area contributed by atoms with Gasteiger partial charge in [0.05, 0.1) is 5.92 Å². The van der Waals surface area contributed by atoms with Crippen LogP contribution in [0, 0.1) is 6.92 Å². The van der Waals surface area contributed by atoms with Crippen molar-refractivity contribution in [3.05, 3.63) is 29.1 Å². The van der Waals surface area contributed by atoms with Gasteiger partial charge in [-0.05, 0) is 25.0 Å². The van der Waals surface area contributed by atoms with Crippen LogP contribution in [-0.4, -0.2) is 16.8 Å². The fraction of sp³-hybridized carbons (Fsp3) is 0.533. The van der Waals surface area contributed by atoms with Gasteiger partial charge in [0, 0.05) is 23.2 Å². The van der Waals surface area contributed by atoms with Gasteiger partial charge in [-0.25, -0.2) is 0 Å². The van der Waals surface area contributed by atoms with Crippen LogP contribution in [0.4, 0.5) is 0 Å². The van der Waals surface area contributed by atoms with Gasteiger partial charge in [-0.2, -0.15) is 0 Å². The van der Waals surface area contributed by atoms with Gasteiger partial charge >= 0.3 is 0 Å². The van der Waals surface area contributed by atoms with E-state index in [-0.39, 0.29) is 23.1 Å². The van der Waals surface area contributed by atoms with Crippen LogP contribution in [0.3, 0.4) is 0 Å². The van der Waals surface area contributed by atoms with Crippen LogP contribution in [0.5, 0.6) is 0 Å². The highest BCUT2D eigenvalue weighted by Gasteiger charge is 2.29. The summed E-state index contributed by atoms with van der Waals surface area (Å²) in [6.45, 7) is 8.26. The quantitative estimate of drug-likeness (QED) is 0.787. The lowest BCUT2D eigenvalue weighted by molar-refractivity contribution is -0.134. The summed E-state index contributed by atoms with van der Waals surface area (Å²) >= 11 is 0. The summed E-state index contributed by atoms with van der Waals surface area (Å²) < 4.78 is 0. The predicted molar refractivity (Wildman–Crippen MR) is 72.8 cm³/mol. The number of pyridine rings is 1. The van der Waals surface area contributed by atoms with Crippen LogP contribution < -0.4 is 5.32 Å². The molecular weight excluding hydrogens is 240 g/mol. The molecule has 1 aliphatic rings. The van der Waals surface area contributed by atoms with E-state index in [2.05, 4.69) is 31.1 Å². The van der Waals surface area contributed by atoms with Crippen molar-refractivity contribution < 1.29 is 9.59 Å². The molecule has 19 heavy (non-hydrogen) atoms. The molecule has 4 heteroatoms. The van der Waals surface area contributed by atoms with E-state index in [1.807, 2.05) is 19.1 Å². The monoisotopic (exact) mass is 260 g/mol. The number of aromatic nitrogens is 1. The molecule has 1 aromatic heterocycles. The fourth-order valence-electron chi connectivity index (χ4n) is 2.35. The first-order valence-electron chi connectivity index (χ1n) is 6.61. The molecule has 1 unspecified atom stereocenters. The number of carbonyl (C=O) groups is 2. The molecule has 1 N–H and O–H groups in total. The van der Waals surface area contributed by atoms with Crippen LogP contribution in [0.2, 0.25) is 0 Å². The lowest BCUT2D eigenvalue weighted by Gasteiger charge is -2.24. The number of rotatable bonds is 1. The van der Waals surface area contributed by atoms with Gasteiger partial charge in [-0.15, -0.1) is 0 Å². The summed E-state index contributed by atoms with van der Waals surface area (Å²) in [4.78, 5) is 27.7. The number of nitrogens with one attached hydrogen (secondary N) is 1. The summed E-state index contributed by atoms with van der Waals surface area (Å²) in [7, 11) is 0. The molecule has 0 radical (unpaired) electrons. The summed E-state index contributed by atoms with van der Waals surface area (Å²) in [6.07, 6.45) is 0.971. The van der Waals surface area contributed by atoms with Gasteiger partial charge < -0.3 is 0 Å². The maximum Gasteiger partial charge on any atom is 0.234 e. The largest absolute Gasteiger partial charge is 0.296 e. The second-order valence-electron chi connectivity index (χ2n) is 6.12. The average Bonchev–Trinajstić information content (AvgIpc) is 2.28. The Morgan fingerprint density at radius 3 is 2.47 bits per heavy atom. The SMILES string of the molecule is Cc1nc(C(C)(C)C)ccc1C1CCC(=O)NC1=O. The van der Waals surface area contributed by atoms with Gasteiger partial charge in [-0.3, -0.25) is 19.9 Å². The Morgan fingerprint density at radius 2 is 1.95 bits per heavy atom. The second-order valence-corrected chi connectivity index (χ2v) is 6.12. The van der Waals surface area contributed by atoms with Gasteiger partial charge in [0.25, 0.3) is 0 Å². The molecule has 0 spiro atoms. The standard InChI is InChI=1S/C15H20N2O2/c1-9-10(5-7-12(16-9)15(2,3)4)11-6-8-13(18)17-14(11)19/h5,7,11H,6,8H2,1-4H3,(H,17,18,19). The van der Waals surface area contributed by atoms with E-state index in [1.54, 1.807) is 0 Å². The number of hydrogen-bond donors (Lipinski definition) is 1. The summed E-state index contributed by atoms with van der Waals surface area (Å²) in [5.41, 5.74) is 2.81. The molecule has 1 saturated heterocycles.